The highest BCUT2D eigenvalue weighted by atomic mass is 16.5. The highest BCUT2D eigenvalue weighted by molar-refractivity contribution is 5.93. The number of carbonyl (C=O) groups is 1. The van der Waals surface area contributed by atoms with Crippen molar-refractivity contribution in [2.24, 2.45) is 0 Å². The number of hydrogen-bond donors (Lipinski definition) is 0. The number of rotatable bonds is 5. The highest BCUT2D eigenvalue weighted by Gasteiger charge is 2.12. The van der Waals surface area contributed by atoms with Crippen LogP contribution in [0.1, 0.15) is 34.1 Å². The van der Waals surface area contributed by atoms with Crippen LogP contribution in [0.25, 0.3) is 0 Å². The zero-order chi connectivity index (χ0) is 9.56. The fraction of sp³-hybridized carbons (Fsp3) is 0.700. The smallest absolute Gasteiger partial charge is 0.184 e. The Labute approximate surface area is 74.6 Å². The molecule has 0 N–H and O–H groups in total. The van der Waals surface area contributed by atoms with Crippen molar-refractivity contribution >= 4 is 5.78 Å². The highest BCUT2D eigenvalue weighted by Crippen LogP contribution is 2.02. The SMILES string of the molecule is CCOC(CC)C(=O)C=C(C)C. The molecule has 0 saturated heterocycles. The molecule has 0 rings (SSSR count). The lowest BCUT2D eigenvalue weighted by Crippen LogP contribution is -2.21. The summed E-state index contributed by atoms with van der Waals surface area (Å²) in [5.41, 5.74) is 1.03. The Bertz CT molecular complexity index is 167. The second-order valence-electron chi connectivity index (χ2n) is 2.98. The number of carbonyl (C=O) groups excluding carboxylic acids is 1. The number of ketones is 1. The van der Waals surface area contributed by atoms with Crippen LogP contribution < -0.4 is 0 Å². The Hall–Kier alpha value is -0.630. The van der Waals surface area contributed by atoms with Gasteiger partial charge in [0.1, 0.15) is 6.10 Å². The van der Waals surface area contributed by atoms with Gasteiger partial charge in [-0.05, 0) is 33.3 Å². The van der Waals surface area contributed by atoms with Crippen molar-refractivity contribution in [2.45, 2.75) is 40.2 Å². The first-order valence-corrected chi connectivity index (χ1v) is 4.42. The van der Waals surface area contributed by atoms with E-state index in [1.54, 1.807) is 6.08 Å². The molecule has 1 unspecified atom stereocenters. The maximum absolute atomic E-state index is 11.4. The Balaban J connectivity index is 4.12. The molecule has 0 bridgehead atoms. The van der Waals surface area contributed by atoms with Gasteiger partial charge >= 0.3 is 0 Å². The monoisotopic (exact) mass is 170 g/mol. The van der Waals surface area contributed by atoms with Crippen molar-refractivity contribution in [3.8, 4) is 0 Å². The van der Waals surface area contributed by atoms with Gasteiger partial charge in [0.2, 0.25) is 0 Å². The Morgan fingerprint density at radius 3 is 2.33 bits per heavy atom. The van der Waals surface area contributed by atoms with Gasteiger partial charge in [0, 0.05) is 6.61 Å². The van der Waals surface area contributed by atoms with Gasteiger partial charge in [0.25, 0.3) is 0 Å². The largest absolute Gasteiger partial charge is 0.370 e. The van der Waals surface area contributed by atoms with E-state index in [1.807, 2.05) is 27.7 Å². The summed E-state index contributed by atoms with van der Waals surface area (Å²) in [4.78, 5) is 11.4. The standard InChI is InChI=1S/C10H18O2/c1-5-10(12-6-2)9(11)7-8(3)4/h7,10H,5-6H2,1-4H3. The van der Waals surface area contributed by atoms with Crippen LogP contribution in [-0.2, 0) is 9.53 Å². The summed E-state index contributed by atoms with van der Waals surface area (Å²) in [6.07, 6.45) is 2.14. The van der Waals surface area contributed by atoms with Gasteiger partial charge in [-0.3, -0.25) is 4.79 Å². The van der Waals surface area contributed by atoms with Crippen molar-refractivity contribution in [1.29, 1.82) is 0 Å². The third kappa shape index (κ3) is 4.29. The summed E-state index contributed by atoms with van der Waals surface area (Å²) in [6.45, 7) is 8.28. The van der Waals surface area contributed by atoms with E-state index in [0.29, 0.717) is 6.61 Å². The van der Waals surface area contributed by atoms with Gasteiger partial charge < -0.3 is 4.74 Å². The number of hydrogen-bond acceptors (Lipinski definition) is 2. The molecule has 70 valence electrons. The molecule has 0 radical (unpaired) electrons. The minimum atomic E-state index is -0.245. The Morgan fingerprint density at radius 2 is 2.00 bits per heavy atom. The van der Waals surface area contributed by atoms with Crippen LogP contribution in [0.5, 0.6) is 0 Å². The van der Waals surface area contributed by atoms with Crippen molar-refractivity contribution < 1.29 is 9.53 Å². The molecule has 2 heteroatoms. The Morgan fingerprint density at radius 1 is 1.42 bits per heavy atom. The average Bonchev–Trinajstić information content (AvgIpc) is 1.98. The molecular formula is C10H18O2. The normalized spacial score (nSPS) is 12.3. The van der Waals surface area contributed by atoms with E-state index >= 15 is 0 Å². The first-order valence-electron chi connectivity index (χ1n) is 4.42. The van der Waals surface area contributed by atoms with Gasteiger partial charge in [-0.2, -0.15) is 0 Å². The number of allylic oxidation sites excluding steroid dienone is 1. The lowest BCUT2D eigenvalue weighted by Gasteiger charge is -2.10. The summed E-state index contributed by atoms with van der Waals surface area (Å²) >= 11 is 0. The quantitative estimate of drug-likeness (QED) is 0.592. The summed E-state index contributed by atoms with van der Waals surface area (Å²) in [7, 11) is 0. The first kappa shape index (κ1) is 11.4. The van der Waals surface area contributed by atoms with Crippen LogP contribution in [0, 0.1) is 0 Å². The van der Waals surface area contributed by atoms with E-state index in [9.17, 15) is 4.79 Å². The van der Waals surface area contributed by atoms with E-state index in [0.717, 1.165) is 12.0 Å². The van der Waals surface area contributed by atoms with E-state index in [4.69, 9.17) is 4.74 Å². The molecule has 1 atom stereocenters. The van der Waals surface area contributed by atoms with Crippen LogP contribution in [0.4, 0.5) is 0 Å². The van der Waals surface area contributed by atoms with Crippen molar-refractivity contribution in [2.75, 3.05) is 6.61 Å². The topological polar surface area (TPSA) is 26.3 Å². The maximum atomic E-state index is 11.4. The van der Waals surface area contributed by atoms with Gasteiger partial charge in [-0.1, -0.05) is 12.5 Å². The second kappa shape index (κ2) is 5.95. The minimum Gasteiger partial charge on any atom is -0.370 e. The average molecular weight is 170 g/mol. The Kier molecular flexibility index (Phi) is 5.64. The molecule has 12 heavy (non-hydrogen) atoms. The van der Waals surface area contributed by atoms with Gasteiger partial charge in [-0.15, -0.1) is 0 Å². The minimum absolute atomic E-state index is 0.0827. The van der Waals surface area contributed by atoms with Crippen LogP contribution in [0.2, 0.25) is 0 Å². The second-order valence-corrected chi connectivity index (χ2v) is 2.98. The lowest BCUT2D eigenvalue weighted by molar-refractivity contribution is -0.125. The van der Waals surface area contributed by atoms with Gasteiger partial charge in [0.15, 0.2) is 5.78 Å². The zero-order valence-electron chi connectivity index (χ0n) is 8.39. The molecule has 0 aliphatic rings. The van der Waals surface area contributed by atoms with Crippen LogP contribution >= 0.6 is 0 Å². The summed E-state index contributed by atoms with van der Waals surface area (Å²) in [5, 5.41) is 0. The molecule has 0 aromatic heterocycles. The maximum Gasteiger partial charge on any atom is 0.184 e. The van der Waals surface area contributed by atoms with Crippen molar-refractivity contribution in [1.82, 2.24) is 0 Å². The molecule has 0 heterocycles. The molecule has 0 aliphatic heterocycles. The molecule has 0 aromatic carbocycles. The summed E-state index contributed by atoms with van der Waals surface area (Å²) in [5.74, 6) is 0.0827. The molecule has 0 spiro atoms. The lowest BCUT2D eigenvalue weighted by atomic mass is 10.1. The molecule has 2 nitrogen and oxygen atoms in total. The van der Waals surface area contributed by atoms with Crippen LogP contribution in [-0.4, -0.2) is 18.5 Å². The summed E-state index contributed by atoms with van der Waals surface area (Å²) in [6, 6.07) is 0. The van der Waals surface area contributed by atoms with E-state index < -0.39 is 0 Å². The van der Waals surface area contributed by atoms with Gasteiger partial charge in [-0.25, -0.2) is 0 Å². The van der Waals surface area contributed by atoms with Crippen LogP contribution in [0.15, 0.2) is 11.6 Å². The van der Waals surface area contributed by atoms with E-state index in [-0.39, 0.29) is 11.9 Å². The third-order valence-corrected chi connectivity index (χ3v) is 1.49. The third-order valence-electron chi connectivity index (χ3n) is 1.49. The fourth-order valence-corrected chi connectivity index (χ4v) is 0.980. The van der Waals surface area contributed by atoms with E-state index in [1.165, 1.54) is 0 Å². The number of ether oxygens (including phenoxy) is 1. The zero-order valence-corrected chi connectivity index (χ0v) is 8.39. The van der Waals surface area contributed by atoms with Crippen molar-refractivity contribution in [3.05, 3.63) is 11.6 Å². The fourth-order valence-electron chi connectivity index (χ4n) is 0.980. The van der Waals surface area contributed by atoms with Gasteiger partial charge in [0.05, 0.1) is 0 Å². The molecule has 0 saturated carbocycles. The van der Waals surface area contributed by atoms with Crippen LogP contribution in [0.3, 0.4) is 0 Å². The predicted molar refractivity (Wildman–Crippen MR) is 50.1 cm³/mol. The molecule has 0 fully saturated rings. The molecule has 0 aliphatic carbocycles. The summed E-state index contributed by atoms with van der Waals surface area (Å²) < 4.78 is 5.26. The van der Waals surface area contributed by atoms with Crippen molar-refractivity contribution in [3.63, 3.8) is 0 Å². The first-order chi connectivity index (χ1) is 5.61. The van der Waals surface area contributed by atoms with E-state index in [2.05, 4.69) is 0 Å². The molecule has 0 amide bonds. The predicted octanol–water partition coefficient (Wildman–Crippen LogP) is 2.34. The molecule has 0 aromatic rings. The molecular weight excluding hydrogens is 152 g/mol.